The summed E-state index contributed by atoms with van der Waals surface area (Å²) in [6.45, 7) is 8.97. The molecule has 0 aromatic heterocycles. The van der Waals surface area contributed by atoms with Crippen LogP contribution in [0.2, 0.25) is 0 Å². The van der Waals surface area contributed by atoms with E-state index in [1.54, 1.807) is 36.4 Å². The molecule has 1 unspecified atom stereocenters. The number of amides is 2. The van der Waals surface area contributed by atoms with E-state index in [0.29, 0.717) is 11.3 Å². The van der Waals surface area contributed by atoms with Crippen molar-refractivity contribution in [1.29, 1.82) is 0 Å². The van der Waals surface area contributed by atoms with Crippen molar-refractivity contribution < 1.29 is 18.0 Å². The minimum atomic E-state index is -4.15. The van der Waals surface area contributed by atoms with Crippen molar-refractivity contribution in [3.63, 3.8) is 0 Å². The summed E-state index contributed by atoms with van der Waals surface area (Å²) >= 11 is 3.47. The molecule has 0 spiro atoms. The number of hydrogen-bond acceptors (Lipinski definition) is 4. The normalized spacial score (nSPS) is 12.3. The van der Waals surface area contributed by atoms with Crippen LogP contribution in [-0.2, 0) is 32.6 Å². The molecule has 0 saturated heterocycles. The number of carbonyl (C=O) groups excluding carboxylic acids is 2. The number of para-hydroxylation sites is 1. The molecule has 4 rings (SSSR count). The predicted octanol–water partition coefficient (Wildman–Crippen LogP) is 6.82. The Bertz CT molecular complexity index is 1720. The van der Waals surface area contributed by atoms with Crippen LogP contribution in [0.25, 0.3) is 0 Å². The third-order valence-electron chi connectivity index (χ3n) is 7.31. The molecule has 7 nitrogen and oxygen atoms in total. The van der Waals surface area contributed by atoms with Crippen LogP contribution in [0.15, 0.2) is 112 Å². The number of aryl methyl sites for hydroxylation is 2. The maximum atomic E-state index is 14.6. The predicted molar refractivity (Wildman–Crippen MR) is 183 cm³/mol. The lowest BCUT2D eigenvalue weighted by Gasteiger charge is -2.35. The fourth-order valence-electron chi connectivity index (χ4n) is 4.99. The zero-order valence-electron chi connectivity index (χ0n) is 26.3. The van der Waals surface area contributed by atoms with Crippen molar-refractivity contribution in [2.24, 2.45) is 0 Å². The lowest BCUT2D eigenvalue weighted by Crippen LogP contribution is -2.56. The molecule has 0 heterocycles. The molecule has 0 aliphatic heterocycles. The fraction of sp³-hybridized carbons (Fsp3) is 0.278. The van der Waals surface area contributed by atoms with Gasteiger partial charge in [0, 0.05) is 23.0 Å². The molecule has 0 bridgehead atoms. The molecular weight excluding hydrogens is 650 g/mol. The Morgan fingerprint density at radius 2 is 1.40 bits per heavy atom. The zero-order chi connectivity index (χ0) is 32.8. The first-order valence-corrected chi connectivity index (χ1v) is 17.0. The highest BCUT2D eigenvalue weighted by Gasteiger charge is 2.36. The second-order valence-corrected chi connectivity index (χ2v) is 15.0. The lowest BCUT2D eigenvalue weighted by atomic mass is 10.0. The molecule has 1 N–H and O–H groups in total. The van der Waals surface area contributed by atoms with Crippen molar-refractivity contribution in [1.82, 2.24) is 10.2 Å². The summed E-state index contributed by atoms with van der Waals surface area (Å²) in [5.74, 6) is -0.817. The monoisotopic (exact) mass is 689 g/mol. The summed E-state index contributed by atoms with van der Waals surface area (Å²) in [6, 6.07) is 29.8. The van der Waals surface area contributed by atoms with Crippen molar-refractivity contribution in [2.75, 3.05) is 10.8 Å². The summed E-state index contributed by atoms with van der Waals surface area (Å²) < 4.78 is 30.4. The van der Waals surface area contributed by atoms with Crippen LogP contribution in [0.4, 0.5) is 5.69 Å². The topological polar surface area (TPSA) is 86.8 Å². The van der Waals surface area contributed by atoms with Gasteiger partial charge in [0.05, 0.1) is 10.6 Å². The van der Waals surface area contributed by atoms with E-state index in [4.69, 9.17) is 0 Å². The Morgan fingerprint density at radius 3 is 2.00 bits per heavy atom. The Hall–Kier alpha value is -3.95. The summed E-state index contributed by atoms with van der Waals surface area (Å²) in [6.07, 6.45) is 0.250. The van der Waals surface area contributed by atoms with Gasteiger partial charge in [-0.2, -0.15) is 0 Å². The summed E-state index contributed by atoms with van der Waals surface area (Å²) in [4.78, 5) is 30.1. The molecule has 2 amide bonds. The van der Waals surface area contributed by atoms with Gasteiger partial charge in [0.2, 0.25) is 11.8 Å². The second kappa shape index (κ2) is 14.4. The largest absolute Gasteiger partial charge is 0.350 e. The Kier molecular flexibility index (Phi) is 10.9. The third-order valence-corrected chi connectivity index (χ3v) is 9.61. The average molecular weight is 691 g/mol. The van der Waals surface area contributed by atoms with E-state index in [1.165, 1.54) is 4.90 Å². The van der Waals surface area contributed by atoms with Gasteiger partial charge in [-0.1, -0.05) is 94.3 Å². The van der Waals surface area contributed by atoms with E-state index in [2.05, 4.69) is 21.2 Å². The smallest absolute Gasteiger partial charge is 0.264 e. The van der Waals surface area contributed by atoms with Gasteiger partial charge in [0.1, 0.15) is 12.6 Å². The Labute approximate surface area is 275 Å². The van der Waals surface area contributed by atoms with Gasteiger partial charge in [0.25, 0.3) is 10.0 Å². The van der Waals surface area contributed by atoms with Crippen molar-refractivity contribution in [3.05, 3.63) is 130 Å². The number of nitrogens with one attached hydrogen (secondary N) is 1. The maximum absolute atomic E-state index is 14.6. The standard InChI is InChI=1S/C36H40BrN3O4S/c1-26-15-21-31(22-16-26)45(43,44)40(32-14-10-9-11-27(32)2)25-34(41)39(24-29-17-19-30(37)20-18-29)33(35(42)38-36(3,4)5)23-28-12-7-6-8-13-28/h6-22,33H,23-25H2,1-5H3,(H,38,42). The van der Waals surface area contributed by atoms with Crippen molar-refractivity contribution in [3.8, 4) is 0 Å². The molecule has 0 aliphatic carbocycles. The van der Waals surface area contributed by atoms with Crippen LogP contribution in [0.5, 0.6) is 0 Å². The quantitative estimate of drug-likeness (QED) is 0.187. The molecule has 4 aromatic carbocycles. The highest BCUT2D eigenvalue weighted by Crippen LogP contribution is 2.28. The molecule has 9 heteroatoms. The summed E-state index contributed by atoms with van der Waals surface area (Å²) in [7, 11) is -4.15. The van der Waals surface area contributed by atoms with Crippen LogP contribution in [-0.4, -0.2) is 43.3 Å². The number of carbonyl (C=O) groups is 2. The summed E-state index contributed by atoms with van der Waals surface area (Å²) in [5, 5.41) is 3.05. The fourth-order valence-corrected chi connectivity index (χ4v) is 6.73. The first kappa shape index (κ1) is 33.9. The highest BCUT2D eigenvalue weighted by atomic mass is 79.9. The number of hydrogen-bond donors (Lipinski definition) is 1. The molecule has 0 aliphatic rings. The first-order chi connectivity index (χ1) is 21.2. The lowest BCUT2D eigenvalue weighted by molar-refractivity contribution is -0.140. The van der Waals surface area contributed by atoms with E-state index in [0.717, 1.165) is 25.5 Å². The van der Waals surface area contributed by atoms with E-state index in [1.807, 2.05) is 101 Å². The van der Waals surface area contributed by atoms with E-state index >= 15 is 0 Å². The molecule has 0 radical (unpaired) electrons. The molecule has 1 atom stereocenters. The molecule has 0 fully saturated rings. The number of benzene rings is 4. The maximum Gasteiger partial charge on any atom is 0.264 e. The van der Waals surface area contributed by atoms with Crippen LogP contribution in [0.3, 0.4) is 0 Å². The number of halogens is 1. The number of nitrogens with zero attached hydrogens (tertiary/aromatic N) is 2. The van der Waals surface area contributed by atoms with Crippen LogP contribution >= 0.6 is 15.9 Å². The van der Waals surface area contributed by atoms with Crippen LogP contribution < -0.4 is 9.62 Å². The van der Waals surface area contributed by atoms with Crippen LogP contribution in [0.1, 0.15) is 43.0 Å². The van der Waals surface area contributed by atoms with Gasteiger partial charge in [-0.15, -0.1) is 0 Å². The molecule has 236 valence electrons. The van der Waals surface area contributed by atoms with Crippen molar-refractivity contribution in [2.45, 2.75) is 64.1 Å². The van der Waals surface area contributed by atoms with Gasteiger partial charge in [-0.25, -0.2) is 8.42 Å². The van der Waals surface area contributed by atoms with Gasteiger partial charge >= 0.3 is 0 Å². The van der Waals surface area contributed by atoms with E-state index < -0.39 is 34.1 Å². The van der Waals surface area contributed by atoms with Crippen molar-refractivity contribution >= 4 is 43.5 Å². The molecular formula is C36H40BrN3O4S. The average Bonchev–Trinajstić information content (AvgIpc) is 2.99. The zero-order valence-corrected chi connectivity index (χ0v) is 28.7. The van der Waals surface area contributed by atoms with Crippen LogP contribution in [0, 0.1) is 13.8 Å². The third kappa shape index (κ3) is 9.05. The number of anilines is 1. The minimum Gasteiger partial charge on any atom is -0.350 e. The van der Waals surface area contributed by atoms with Gasteiger partial charge < -0.3 is 10.2 Å². The number of sulfonamides is 1. The Morgan fingerprint density at radius 1 is 0.800 bits per heavy atom. The van der Waals surface area contributed by atoms with E-state index in [-0.39, 0.29) is 23.8 Å². The highest BCUT2D eigenvalue weighted by molar-refractivity contribution is 9.10. The summed E-state index contributed by atoms with van der Waals surface area (Å²) in [5.41, 5.74) is 3.14. The first-order valence-electron chi connectivity index (χ1n) is 14.8. The minimum absolute atomic E-state index is 0.0786. The molecule has 4 aromatic rings. The Balaban J connectivity index is 1.82. The second-order valence-electron chi connectivity index (χ2n) is 12.2. The van der Waals surface area contributed by atoms with Gasteiger partial charge in [-0.3, -0.25) is 13.9 Å². The molecule has 0 saturated carbocycles. The molecule has 45 heavy (non-hydrogen) atoms. The van der Waals surface area contributed by atoms with Gasteiger partial charge in [0.15, 0.2) is 0 Å². The van der Waals surface area contributed by atoms with Gasteiger partial charge in [-0.05, 0) is 81.6 Å². The number of rotatable bonds is 11. The van der Waals surface area contributed by atoms with E-state index in [9.17, 15) is 18.0 Å². The SMILES string of the molecule is Cc1ccc(S(=O)(=O)N(CC(=O)N(Cc2ccc(Br)cc2)C(Cc2ccccc2)C(=O)NC(C)(C)C)c2ccccc2C)cc1.